The third-order valence-electron chi connectivity index (χ3n) is 4.81. The van der Waals surface area contributed by atoms with E-state index in [1.54, 1.807) is 6.20 Å². The number of aromatic nitrogens is 1. The standard InChI is InChI=1S/C15H23BN2O2/c1-14(2)15(3,4)20-16(19-14)12-9-18-8-11(13(12)17)7-10-5-6-10/h8-10H,5-7H2,1-4H3,(H2,17,18). The maximum atomic E-state index is 6.32. The Morgan fingerprint density at radius 1 is 1.20 bits per heavy atom. The van der Waals surface area contributed by atoms with Gasteiger partial charge in [0.15, 0.2) is 0 Å². The molecule has 3 rings (SSSR count). The van der Waals surface area contributed by atoms with E-state index < -0.39 is 7.12 Å². The fourth-order valence-electron chi connectivity index (χ4n) is 2.49. The van der Waals surface area contributed by atoms with Crippen LogP contribution >= 0.6 is 0 Å². The molecule has 108 valence electrons. The van der Waals surface area contributed by atoms with Crippen molar-refractivity contribution < 1.29 is 9.31 Å². The van der Waals surface area contributed by atoms with Gasteiger partial charge in [0.05, 0.1) is 11.2 Å². The number of nitrogens with two attached hydrogens (primary N) is 1. The largest absolute Gasteiger partial charge is 0.498 e. The molecule has 0 bridgehead atoms. The Bertz CT molecular complexity index is 511. The molecule has 0 unspecified atom stereocenters. The van der Waals surface area contributed by atoms with Crippen LogP contribution in [-0.2, 0) is 15.7 Å². The minimum absolute atomic E-state index is 0.351. The molecular weight excluding hydrogens is 251 g/mol. The predicted molar refractivity (Wildman–Crippen MR) is 80.8 cm³/mol. The van der Waals surface area contributed by atoms with Crippen molar-refractivity contribution in [2.75, 3.05) is 5.73 Å². The molecule has 2 aliphatic rings. The van der Waals surface area contributed by atoms with E-state index in [1.807, 2.05) is 33.9 Å². The SMILES string of the molecule is CC1(C)OB(c2cncc(CC3CC3)c2N)OC1(C)C. The van der Waals surface area contributed by atoms with Crippen molar-refractivity contribution in [3.63, 3.8) is 0 Å². The molecule has 1 saturated carbocycles. The average Bonchev–Trinajstić information content (AvgIpc) is 3.10. The summed E-state index contributed by atoms with van der Waals surface area (Å²) >= 11 is 0. The number of pyridine rings is 1. The van der Waals surface area contributed by atoms with Crippen LogP contribution in [0.15, 0.2) is 12.4 Å². The fraction of sp³-hybridized carbons (Fsp3) is 0.667. The van der Waals surface area contributed by atoms with E-state index >= 15 is 0 Å². The lowest BCUT2D eigenvalue weighted by molar-refractivity contribution is 0.00578. The molecule has 1 aromatic rings. The van der Waals surface area contributed by atoms with Crippen LogP contribution < -0.4 is 11.2 Å². The smallest absolute Gasteiger partial charge is 0.399 e. The van der Waals surface area contributed by atoms with E-state index in [0.29, 0.717) is 0 Å². The Labute approximate surface area is 121 Å². The molecule has 20 heavy (non-hydrogen) atoms. The first-order chi connectivity index (χ1) is 9.30. The van der Waals surface area contributed by atoms with Crippen molar-refractivity contribution in [1.82, 2.24) is 4.98 Å². The molecule has 2 N–H and O–H groups in total. The van der Waals surface area contributed by atoms with Gasteiger partial charge < -0.3 is 15.0 Å². The summed E-state index contributed by atoms with van der Waals surface area (Å²) in [5, 5.41) is 0. The summed E-state index contributed by atoms with van der Waals surface area (Å²) in [7, 11) is -0.424. The summed E-state index contributed by atoms with van der Waals surface area (Å²) in [6, 6.07) is 0. The van der Waals surface area contributed by atoms with E-state index in [9.17, 15) is 0 Å². The van der Waals surface area contributed by atoms with Crippen molar-refractivity contribution in [2.45, 2.75) is 58.2 Å². The first-order valence-corrected chi connectivity index (χ1v) is 7.38. The van der Waals surface area contributed by atoms with Gasteiger partial charge in [0, 0.05) is 23.5 Å². The molecule has 1 aromatic heterocycles. The van der Waals surface area contributed by atoms with Gasteiger partial charge >= 0.3 is 7.12 Å². The number of hydrogen-bond acceptors (Lipinski definition) is 4. The minimum atomic E-state index is -0.424. The number of anilines is 1. The van der Waals surface area contributed by atoms with Gasteiger partial charge in [0.25, 0.3) is 0 Å². The van der Waals surface area contributed by atoms with E-state index in [2.05, 4.69) is 4.98 Å². The van der Waals surface area contributed by atoms with Gasteiger partial charge in [0.2, 0.25) is 0 Å². The maximum Gasteiger partial charge on any atom is 0.498 e. The molecule has 5 heteroatoms. The van der Waals surface area contributed by atoms with Crippen LogP contribution in [0.5, 0.6) is 0 Å². The first-order valence-electron chi connectivity index (χ1n) is 7.38. The Hall–Kier alpha value is -1.07. The van der Waals surface area contributed by atoms with E-state index in [0.717, 1.165) is 29.1 Å². The topological polar surface area (TPSA) is 57.4 Å². The predicted octanol–water partition coefficient (Wildman–Crippen LogP) is 1.92. The summed E-state index contributed by atoms with van der Waals surface area (Å²) in [4.78, 5) is 4.33. The Morgan fingerprint density at radius 3 is 2.35 bits per heavy atom. The summed E-state index contributed by atoms with van der Waals surface area (Å²) < 4.78 is 12.1. The van der Waals surface area contributed by atoms with Crippen LogP contribution in [0.25, 0.3) is 0 Å². The molecule has 0 amide bonds. The van der Waals surface area contributed by atoms with E-state index in [-0.39, 0.29) is 11.2 Å². The Kier molecular flexibility index (Phi) is 3.10. The lowest BCUT2D eigenvalue weighted by Gasteiger charge is -2.32. The summed E-state index contributed by atoms with van der Waals surface area (Å²) in [5.41, 5.74) is 8.39. The summed E-state index contributed by atoms with van der Waals surface area (Å²) in [6.45, 7) is 8.19. The molecule has 1 saturated heterocycles. The third-order valence-corrected chi connectivity index (χ3v) is 4.81. The zero-order chi connectivity index (χ0) is 14.5. The van der Waals surface area contributed by atoms with Crippen LogP contribution in [0, 0.1) is 5.92 Å². The third kappa shape index (κ3) is 2.33. The fourth-order valence-corrected chi connectivity index (χ4v) is 2.49. The van der Waals surface area contributed by atoms with Gasteiger partial charge in [-0.25, -0.2) is 0 Å². The molecule has 0 radical (unpaired) electrons. The van der Waals surface area contributed by atoms with Gasteiger partial charge in [0.1, 0.15) is 0 Å². The highest BCUT2D eigenvalue weighted by atomic mass is 16.7. The summed E-state index contributed by atoms with van der Waals surface area (Å²) in [5.74, 6) is 0.785. The second-order valence-electron chi connectivity index (χ2n) is 7.04. The molecule has 0 aromatic carbocycles. The minimum Gasteiger partial charge on any atom is -0.399 e. The van der Waals surface area contributed by atoms with Crippen molar-refractivity contribution >= 4 is 18.3 Å². The van der Waals surface area contributed by atoms with Crippen LogP contribution in [0.4, 0.5) is 5.69 Å². The second-order valence-corrected chi connectivity index (χ2v) is 7.04. The lowest BCUT2D eigenvalue weighted by Crippen LogP contribution is -2.41. The highest BCUT2D eigenvalue weighted by molar-refractivity contribution is 6.63. The van der Waals surface area contributed by atoms with E-state index in [4.69, 9.17) is 15.0 Å². The van der Waals surface area contributed by atoms with Crippen molar-refractivity contribution in [2.24, 2.45) is 5.92 Å². The van der Waals surface area contributed by atoms with Gasteiger partial charge in [-0.3, -0.25) is 4.98 Å². The van der Waals surface area contributed by atoms with Crippen molar-refractivity contribution in [3.05, 3.63) is 18.0 Å². The molecule has 0 spiro atoms. The molecule has 0 atom stereocenters. The summed E-state index contributed by atoms with van der Waals surface area (Å²) in [6.07, 6.45) is 7.28. The monoisotopic (exact) mass is 274 g/mol. The zero-order valence-electron chi connectivity index (χ0n) is 12.8. The van der Waals surface area contributed by atoms with Crippen LogP contribution in [0.3, 0.4) is 0 Å². The van der Waals surface area contributed by atoms with Crippen molar-refractivity contribution in [1.29, 1.82) is 0 Å². The maximum absolute atomic E-state index is 6.32. The van der Waals surface area contributed by atoms with Crippen LogP contribution in [0.1, 0.15) is 46.1 Å². The number of rotatable bonds is 3. The zero-order valence-corrected chi connectivity index (χ0v) is 12.8. The Morgan fingerprint density at radius 2 is 1.80 bits per heavy atom. The van der Waals surface area contributed by atoms with Gasteiger partial charge in [-0.05, 0) is 58.4 Å². The van der Waals surface area contributed by atoms with E-state index in [1.165, 1.54) is 12.8 Å². The van der Waals surface area contributed by atoms with Gasteiger partial charge in [-0.2, -0.15) is 0 Å². The van der Waals surface area contributed by atoms with Gasteiger partial charge in [-0.15, -0.1) is 0 Å². The second kappa shape index (κ2) is 4.47. The molecule has 1 aliphatic heterocycles. The number of nitrogens with zero attached hydrogens (tertiary/aromatic N) is 1. The van der Waals surface area contributed by atoms with Crippen molar-refractivity contribution in [3.8, 4) is 0 Å². The first kappa shape index (κ1) is 13.9. The quantitative estimate of drug-likeness (QED) is 0.855. The molecule has 2 heterocycles. The van der Waals surface area contributed by atoms with Crippen LogP contribution in [0.2, 0.25) is 0 Å². The normalized spacial score (nSPS) is 24.1. The lowest BCUT2D eigenvalue weighted by atomic mass is 9.78. The highest BCUT2D eigenvalue weighted by Gasteiger charge is 2.52. The molecule has 4 nitrogen and oxygen atoms in total. The molecule has 2 fully saturated rings. The highest BCUT2D eigenvalue weighted by Crippen LogP contribution is 2.37. The molecule has 1 aliphatic carbocycles. The Balaban J connectivity index is 1.87. The number of hydrogen-bond donors (Lipinski definition) is 1. The van der Waals surface area contributed by atoms with Gasteiger partial charge in [-0.1, -0.05) is 0 Å². The number of nitrogen functional groups attached to an aromatic ring is 1. The average molecular weight is 274 g/mol. The van der Waals surface area contributed by atoms with Crippen LogP contribution in [-0.4, -0.2) is 23.3 Å². The molecular formula is C15H23BN2O2.